The highest BCUT2D eigenvalue weighted by atomic mass is 79.9. The van der Waals surface area contributed by atoms with Crippen LogP contribution in [0.1, 0.15) is 18.9 Å². The highest BCUT2D eigenvalue weighted by Gasteiger charge is 2.24. The Balaban J connectivity index is 2.28. The van der Waals surface area contributed by atoms with Crippen molar-refractivity contribution < 1.29 is 0 Å². The van der Waals surface area contributed by atoms with E-state index in [0.29, 0.717) is 6.04 Å². The van der Waals surface area contributed by atoms with Crippen molar-refractivity contribution in [2.24, 2.45) is 0 Å². The van der Waals surface area contributed by atoms with Gasteiger partial charge >= 0.3 is 0 Å². The van der Waals surface area contributed by atoms with Crippen LogP contribution in [0.15, 0.2) is 22.7 Å². The number of halogens is 1. The van der Waals surface area contributed by atoms with Gasteiger partial charge in [0.05, 0.1) is 11.3 Å². The number of benzene rings is 1. The van der Waals surface area contributed by atoms with Gasteiger partial charge in [-0.25, -0.2) is 0 Å². The highest BCUT2D eigenvalue weighted by molar-refractivity contribution is 9.10. The van der Waals surface area contributed by atoms with Crippen molar-refractivity contribution >= 4 is 21.6 Å². The van der Waals surface area contributed by atoms with Crippen LogP contribution in [0, 0.1) is 11.3 Å². The van der Waals surface area contributed by atoms with Crippen LogP contribution in [-0.2, 0) is 0 Å². The Morgan fingerprint density at radius 3 is 2.89 bits per heavy atom. The van der Waals surface area contributed by atoms with E-state index < -0.39 is 0 Å². The summed E-state index contributed by atoms with van der Waals surface area (Å²) < 4.78 is 0.884. The van der Waals surface area contributed by atoms with E-state index >= 15 is 0 Å². The first-order valence-electron chi connectivity index (χ1n) is 6.31. The Kier molecular flexibility index (Phi) is 4.26. The van der Waals surface area contributed by atoms with Crippen LogP contribution in [-0.4, -0.2) is 37.6 Å². The SMILES string of the molecule is CCC1CN(c2cccc(Br)c2C#N)CCN1C. The number of likely N-dealkylation sites (N-methyl/N-ethyl adjacent to an activating group) is 1. The number of anilines is 1. The fraction of sp³-hybridized carbons (Fsp3) is 0.500. The molecule has 0 N–H and O–H groups in total. The summed E-state index contributed by atoms with van der Waals surface area (Å²) in [6.45, 7) is 5.25. The van der Waals surface area contributed by atoms with Crippen molar-refractivity contribution in [3.05, 3.63) is 28.2 Å². The number of nitriles is 1. The molecule has 0 aliphatic carbocycles. The lowest BCUT2D eigenvalue weighted by atomic mass is 10.1. The molecule has 1 aliphatic heterocycles. The molecule has 1 unspecified atom stereocenters. The zero-order valence-corrected chi connectivity index (χ0v) is 12.4. The van der Waals surface area contributed by atoms with Crippen LogP contribution < -0.4 is 4.90 Å². The van der Waals surface area contributed by atoms with Crippen molar-refractivity contribution in [1.29, 1.82) is 5.26 Å². The van der Waals surface area contributed by atoms with Gasteiger partial charge < -0.3 is 4.90 Å². The molecule has 1 fully saturated rings. The van der Waals surface area contributed by atoms with Gasteiger partial charge in [-0.1, -0.05) is 13.0 Å². The molecular formula is C14H18BrN3. The summed E-state index contributed by atoms with van der Waals surface area (Å²) in [7, 11) is 2.18. The fourth-order valence-electron chi connectivity index (χ4n) is 2.49. The second-order valence-electron chi connectivity index (χ2n) is 4.73. The van der Waals surface area contributed by atoms with E-state index in [0.717, 1.165) is 41.8 Å². The van der Waals surface area contributed by atoms with Crippen molar-refractivity contribution in [3.8, 4) is 6.07 Å². The molecule has 1 saturated heterocycles. The molecule has 1 aliphatic rings. The van der Waals surface area contributed by atoms with Crippen molar-refractivity contribution in [1.82, 2.24) is 4.90 Å². The molecule has 1 aromatic rings. The van der Waals surface area contributed by atoms with E-state index in [-0.39, 0.29) is 0 Å². The third-order valence-corrected chi connectivity index (χ3v) is 4.35. The largest absolute Gasteiger partial charge is 0.368 e. The molecule has 3 nitrogen and oxygen atoms in total. The quantitative estimate of drug-likeness (QED) is 0.841. The smallest absolute Gasteiger partial charge is 0.103 e. The van der Waals surface area contributed by atoms with Crippen LogP contribution in [0.2, 0.25) is 0 Å². The predicted octanol–water partition coefficient (Wildman–Crippen LogP) is 2.85. The fourth-order valence-corrected chi connectivity index (χ4v) is 2.94. The molecule has 0 aromatic heterocycles. The summed E-state index contributed by atoms with van der Waals surface area (Å²) in [5, 5.41) is 9.29. The molecule has 96 valence electrons. The molecule has 0 saturated carbocycles. The van der Waals surface area contributed by atoms with E-state index in [9.17, 15) is 5.26 Å². The van der Waals surface area contributed by atoms with Crippen LogP contribution in [0.3, 0.4) is 0 Å². The minimum absolute atomic E-state index is 0.573. The molecule has 1 heterocycles. The zero-order chi connectivity index (χ0) is 13.1. The van der Waals surface area contributed by atoms with E-state index in [1.807, 2.05) is 18.2 Å². The molecule has 1 atom stereocenters. The van der Waals surface area contributed by atoms with Gasteiger partial charge in [-0.3, -0.25) is 4.90 Å². The monoisotopic (exact) mass is 307 g/mol. The van der Waals surface area contributed by atoms with Crippen LogP contribution in [0.4, 0.5) is 5.69 Å². The number of hydrogen-bond acceptors (Lipinski definition) is 3. The first-order valence-corrected chi connectivity index (χ1v) is 7.10. The number of nitrogens with zero attached hydrogens (tertiary/aromatic N) is 3. The molecule has 0 radical (unpaired) electrons. The Hall–Kier alpha value is -1.05. The van der Waals surface area contributed by atoms with Gasteiger partial charge in [0.2, 0.25) is 0 Å². The normalized spacial score (nSPS) is 20.8. The maximum Gasteiger partial charge on any atom is 0.103 e. The number of rotatable bonds is 2. The van der Waals surface area contributed by atoms with E-state index in [1.54, 1.807) is 0 Å². The second-order valence-corrected chi connectivity index (χ2v) is 5.59. The highest BCUT2D eigenvalue weighted by Crippen LogP contribution is 2.28. The summed E-state index contributed by atoms with van der Waals surface area (Å²) in [4.78, 5) is 4.73. The number of piperazine rings is 1. The summed E-state index contributed by atoms with van der Waals surface area (Å²) in [5.74, 6) is 0. The third kappa shape index (κ3) is 2.52. The summed E-state index contributed by atoms with van der Waals surface area (Å²) in [6, 6.07) is 8.85. The van der Waals surface area contributed by atoms with Crippen molar-refractivity contribution in [3.63, 3.8) is 0 Å². The van der Waals surface area contributed by atoms with E-state index in [1.165, 1.54) is 0 Å². The third-order valence-electron chi connectivity index (χ3n) is 3.69. The van der Waals surface area contributed by atoms with Crippen molar-refractivity contribution in [2.75, 3.05) is 31.6 Å². The Morgan fingerprint density at radius 1 is 1.44 bits per heavy atom. The average Bonchev–Trinajstić information content (AvgIpc) is 2.39. The molecule has 2 rings (SSSR count). The molecule has 1 aromatic carbocycles. The number of hydrogen-bond donors (Lipinski definition) is 0. The van der Waals surface area contributed by atoms with Gasteiger partial charge in [0.15, 0.2) is 0 Å². The van der Waals surface area contributed by atoms with Crippen LogP contribution in [0.5, 0.6) is 0 Å². The van der Waals surface area contributed by atoms with Crippen molar-refractivity contribution in [2.45, 2.75) is 19.4 Å². The summed E-state index contributed by atoms with van der Waals surface area (Å²) in [5.41, 5.74) is 1.80. The topological polar surface area (TPSA) is 30.3 Å². The van der Waals surface area contributed by atoms with Gasteiger partial charge in [0, 0.05) is 30.1 Å². The molecule has 0 amide bonds. The Morgan fingerprint density at radius 2 is 2.22 bits per heavy atom. The van der Waals surface area contributed by atoms with E-state index in [2.05, 4.69) is 45.8 Å². The van der Waals surface area contributed by atoms with Gasteiger partial charge in [-0.05, 0) is 41.5 Å². The first-order chi connectivity index (χ1) is 8.67. The predicted molar refractivity (Wildman–Crippen MR) is 77.8 cm³/mol. The summed E-state index contributed by atoms with van der Waals surface area (Å²) in [6.07, 6.45) is 1.14. The van der Waals surface area contributed by atoms with Gasteiger partial charge in [0.1, 0.15) is 6.07 Å². The zero-order valence-electron chi connectivity index (χ0n) is 10.9. The standard InChI is InChI=1S/C14H18BrN3/c1-3-11-10-18(8-7-17(11)2)14-6-4-5-13(15)12(14)9-16/h4-6,11H,3,7-8,10H2,1-2H3. The molecular weight excluding hydrogens is 290 g/mol. The minimum Gasteiger partial charge on any atom is -0.368 e. The van der Waals surface area contributed by atoms with Gasteiger partial charge in [-0.2, -0.15) is 5.26 Å². The average molecular weight is 308 g/mol. The molecule has 0 bridgehead atoms. The lowest BCUT2D eigenvalue weighted by Crippen LogP contribution is -2.51. The van der Waals surface area contributed by atoms with Crippen LogP contribution >= 0.6 is 15.9 Å². The minimum atomic E-state index is 0.573. The van der Waals surface area contributed by atoms with E-state index in [4.69, 9.17) is 0 Å². The Bertz CT molecular complexity index is 467. The second kappa shape index (κ2) is 5.73. The molecule has 4 heteroatoms. The first kappa shape index (κ1) is 13.4. The van der Waals surface area contributed by atoms with Crippen LogP contribution in [0.25, 0.3) is 0 Å². The lowest BCUT2D eigenvalue weighted by Gasteiger charge is -2.40. The Labute approximate surface area is 117 Å². The molecule has 18 heavy (non-hydrogen) atoms. The van der Waals surface area contributed by atoms with Gasteiger partial charge in [-0.15, -0.1) is 0 Å². The maximum atomic E-state index is 9.29. The summed E-state index contributed by atoms with van der Waals surface area (Å²) >= 11 is 3.46. The van der Waals surface area contributed by atoms with Gasteiger partial charge in [0.25, 0.3) is 0 Å². The maximum absolute atomic E-state index is 9.29. The molecule has 0 spiro atoms. The lowest BCUT2D eigenvalue weighted by molar-refractivity contribution is 0.213.